The van der Waals surface area contributed by atoms with Crippen molar-refractivity contribution in [3.8, 4) is 0 Å². The van der Waals surface area contributed by atoms with Crippen molar-refractivity contribution in [2.45, 2.75) is 52.2 Å². The molecule has 0 saturated carbocycles. The van der Waals surface area contributed by atoms with Crippen LogP contribution in [0, 0.1) is 0 Å². The van der Waals surface area contributed by atoms with Crippen molar-refractivity contribution < 1.29 is 9.53 Å². The molecular weight excluding hydrogens is 396 g/mol. The number of amides is 1. The number of carbonyl (C=O) groups is 1. The van der Waals surface area contributed by atoms with E-state index in [1.54, 1.807) is 0 Å². The molecule has 144 valence electrons. The largest absolute Gasteiger partial charge is 0.444 e. The molecule has 0 saturated heterocycles. The SMILES string of the molecule is CC(C)(C)OC(=O)NCCCCNCCCn1cnc2cccc(Br)c21. The number of imidazole rings is 1. The zero-order valence-corrected chi connectivity index (χ0v) is 17.4. The zero-order chi connectivity index (χ0) is 19.0. The minimum Gasteiger partial charge on any atom is -0.444 e. The van der Waals surface area contributed by atoms with E-state index in [0.717, 1.165) is 54.4 Å². The van der Waals surface area contributed by atoms with E-state index in [1.807, 2.05) is 45.3 Å². The average Bonchev–Trinajstić information content (AvgIpc) is 2.96. The molecule has 1 aromatic carbocycles. The highest BCUT2D eigenvalue weighted by molar-refractivity contribution is 9.10. The minimum atomic E-state index is -0.443. The molecule has 0 aliphatic heterocycles. The molecule has 2 aromatic rings. The number of nitrogens with zero attached hydrogens (tertiary/aromatic N) is 2. The van der Waals surface area contributed by atoms with Crippen LogP contribution in [0.5, 0.6) is 0 Å². The van der Waals surface area contributed by atoms with E-state index in [4.69, 9.17) is 4.74 Å². The Labute approximate surface area is 163 Å². The van der Waals surface area contributed by atoms with Gasteiger partial charge in [0.2, 0.25) is 0 Å². The van der Waals surface area contributed by atoms with E-state index in [-0.39, 0.29) is 6.09 Å². The number of aryl methyl sites for hydroxylation is 1. The van der Waals surface area contributed by atoms with Gasteiger partial charge in [0.25, 0.3) is 0 Å². The number of unbranched alkanes of at least 4 members (excludes halogenated alkanes) is 1. The third kappa shape index (κ3) is 6.96. The van der Waals surface area contributed by atoms with Crippen molar-refractivity contribution in [2.24, 2.45) is 0 Å². The van der Waals surface area contributed by atoms with Gasteiger partial charge in [0.1, 0.15) is 5.60 Å². The molecular formula is C19H29BrN4O2. The first-order valence-corrected chi connectivity index (χ1v) is 9.93. The Kier molecular flexibility index (Phi) is 7.90. The summed E-state index contributed by atoms with van der Waals surface area (Å²) in [4.78, 5) is 15.9. The first-order chi connectivity index (χ1) is 12.4. The molecule has 2 N–H and O–H groups in total. The molecule has 0 fully saturated rings. The molecule has 1 amide bonds. The fourth-order valence-corrected chi connectivity index (χ4v) is 3.21. The van der Waals surface area contributed by atoms with E-state index in [1.165, 1.54) is 0 Å². The third-order valence-electron chi connectivity index (χ3n) is 3.79. The summed E-state index contributed by atoms with van der Waals surface area (Å²) in [5.41, 5.74) is 1.73. The van der Waals surface area contributed by atoms with Crippen LogP contribution in [0.25, 0.3) is 11.0 Å². The van der Waals surface area contributed by atoms with Gasteiger partial charge in [-0.2, -0.15) is 0 Å². The number of halogens is 1. The predicted molar refractivity (Wildman–Crippen MR) is 108 cm³/mol. The summed E-state index contributed by atoms with van der Waals surface area (Å²) in [6, 6.07) is 6.08. The monoisotopic (exact) mass is 424 g/mol. The van der Waals surface area contributed by atoms with Crippen molar-refractivity contribution in [1.82, 2.24) is 20.2 Å². The highest BCUT2D eigenvalue weighted by Crippen LogP contribution is 2.22. The van der Waals surface area contributed by atoms with Crippen molar-refractivity contribution in [2.75, 3.05) is 19.6 Å². The van der Waals surface area contributed by atoms with Crippen molar-refractivity contribution in [3.05, 3.63) is 29.0 Å². The number of ether oxygens (including phenoxy) is 1. The number of aromatic nitrogens is 2. The summed E-state index contributed by atoms with van der Waals surface area (Å²) >= 11 is 3.60. The second-order valence-electron chi connectivity index (χ2n) is 7.28. The molecule has 6 nitrogen and oxygen atoms in total. The van der Waals surface area contributed by atoms with Gasteiger partial charge in [-0.05, 0) is 81.2 Å². The van der Waals surface area contributed by atoms with Crippen LogP contribution in [-0.2, 0) is 11.3 Å². The van der Waals surface area contributed by atoms with E-state index in [0.29, 0.717) is 6.54 Å². The maximum absolute atomic E-state index is 11.5. The number of nitrogens with one attached hydrogen (secondary N) is 2. The molecule has 0 radical (unpaired) electrons. The molecule has 26 heavy (non-hydrogen) atoms. The Morgan fingerprint density at radius 3 is 2.69 bits per heavy atom. The third-order valence-corrected chi connectivity index (χ3v) is 4.43. The van der Waals surface area contributed by atoms with Crippen molar-refractivity contribution in [3.63, 3.8) is 0 Å². The maximum atomic E-state index is 11.5. The minimum absolute atomic E-state index is 0.343. The Morgan fingerprint density at radius 1 is 1.19 bits per heavy atom. The Balaban J connectivity index is 1.53. The number of hydrogen-bond donors (Lipinski definition) is 2. The molecule has 0 bridgehead atoms. The van der Waals surface area contributed by atoms with E-state index in [2.05, 4.69) is 36.1 Å². The molecule has 0 atom stereocenters. The maximum Gasteiger partial charge on any atom is 0.407 e. The number of rotatable bonds is 9. The standard InChI is InChI=1S/C19H29BrN4O2/c1-19(2,3)26-18(25)22-12-5-4-10-21-11-7-13-24-14-23-16-9-6-8-15(20)17(16)24/h6,8-9,14,21H,4-5,7,10-13H2,1-3H3,(H,22,25). The second-order valence-corrected chi connectivity index (χ2v) is 8.14. The van der Waals surface area contributed by atoms with Crippen LogP contribution in [0.2, 0.25) is 0 Å². The quantitative estimate of drug-likeness (QED) is 0.594. The number of fused-ring (bicyclic) bond motifs is 1. The van der Waals surface area contributed by atoms with Gasteiger partial charge in [0.15, 0.2) is 0 Å². The normalized spacial score (nSPS) is 11.7. The average molecular weight is 425 g/mol. The number of hydrogen-bond acceptors (Lipinski definition) is 4. The highest BCUT2D eigenvalue weighted by atomic mass is 79.9. The molecule has 1 aromatic heterocycles. The van der Waals surface area contributed by atoms with Gasteiger partial charge in [0.05, 0.1) is 17.4 Å². The zero-order valence-electron chi connectivity index (χ0n) is 15.8. The molecule has 0 spiro atoms. The van der Waals surface area contributed by atoms with Crippen LogP contribution >= 0.6 is 15.9 Å². The van der Waals surface area contributed by atoms with Gasteiger partial charge in [-0.1, -0.05) is 6.07 Å². The summed E-state index contributed by atoms with van der Waals surface area (Å²) < 4.78 is 8.46. The molecule has 0 aliphatic rings. The van der Waals surface area contributed by atoms with E-state index >= 15 is 0 Å². The summed E-state index contributed by atoms with van der Waals surface area (Å²) in [5, 5.41) is 6.23. The first-order valence-electron chi connectivity index (χ1n) is 9.14. The Hall–Kier alpha value is -1.60. The lowest BCUT2D eigenvalue weighted by Gasteiger charge is -2.19. The van der Waals surface area contributed by atoms with Crippen molar-refractivity contribution >= 4 is 33.1 Å². The van der Waals surface area contributed by atoms with Crippen LogP contribution in [0.1, 0.15) is 40.0 Å². The smallest absolute Gasteiger partial charge is 0.407 e. The molecule has 7 heteroatoms. The van der Waals surface area contributed by atoms with Gasteiger partial charge in [-0.3, -0.25) is 0 Å². The Morgan fingerprint density at radius 2 is 1.92 bits per heavy atom. The fourth-order valence-electron chi connectivity index (χ4n) is 2.63. The first kappa shape index (κ1) is 20.7. The lowest BCUT2D eigenvalue weighted by molar-refractivity contribution is 0.0527. The Bertz CT molecular complexity index is 709. The van der Waals surface area contributed by atoms with Crippen LogP contribution in [0.4, 0.5) is 4.79 Å². The van der Waals surface area contributed by atoms with E-state index < -0.39 is 5.60 Å². The second kappa shape index (κ2) is 9.92. The molecule has 1 heterocycles. The van der Waals surface area contributed by atoms with Crippen LogP contribution < -0.4 is 10.6 Å². The van der Waals surface area contributed by atoms with E-state index in [9.17, 15) is 4.79 Å². The number of para-hydroxylation sites is 1. The summed E-state index contributed by atoms with van der Waals surface area (Å²) in [6.45, 7) is 9.08. The topological polar surface area (TPSA) is 68.2 Å². The summed E-state index contributed by atoms with van der Waals surface area (Å²) in [6.07, 6.45) is 4.56. The fraction of sp³-hybridized carbons (Fsp3) is 0.579. The summed E-state index contributed by atoms with van der Waals surface area (Å²) in [7, 11) is 0. The number of alkyl carbamates (subject to hydrolysis) is 1. The van der Waals surface area contributed by atoms with Crippen molar-refractivity contribution in [1.29, 1.82) is 0 Å². The molecule has 0 aliphatic carbocycles. The predicted octanol–water partition coefficient (Wildman–Crippen LogP) is 4.08. The lowest BCUT2D eigenvalue weighted by Crippen LogP contribution is -2.33. The van der Waals surface area contributed by atoms with Gasteiger partial charge >= 0.3 is 6.09 Å². The van der Waals surface area contributed by atoms with Gasteiger partial charge in [0, 0.05) is 17.6 Å². The molecule has 0 unspecified atom stereocenters. The highest BCUT2D eigenvalue weighted by Gasteiger charge is 2.15. The van der Waals surface area contributed by atoms with Gasteiger partial charge in [-0.15, -0.1) is 0 Å². The summed E-state index contributed by atoms with van der Waals surface area (Å²) in [5.74, 6) is 0. The van der Waals surface area contributed by atoms with Crippen LogP contribution in [0.3, 0.4) is 0 Å². The van der Waals surface area contributed by atoms with Gasteiger partial charge in [-0.25, -0.2) is 9.78 Å². The number of carbonyl (C=O) groups excluding carboxylic acids is 1. The van der Waals surface area contributed by atoms with Crippen LogP contribution in [0.15, 0.2) is 29.0 Å². The molecule has 2 rings (SSSR count). The number of benzene rings is 1. The lowest BCUT2D eigenvalue weighted by atomic mass is 10.2. The van der Waals surface area contributed by atoms with Crippen LogP contribution in [-0.4, -0.2) is 40.9 Å². The van der Waals surface area contributed by atoms with Gasteiger partial charge < -0.3 is 19.9 Å².